The van der Waals surface area contributed by atoms with Gasteiger partial charge in [0.05, 0.1) is 12.2 Å². The third-order valence-corrected chi connectivity index (χ3v) is 7.87. The van der Waals surface area contributed by atoms with Crippen molar-refractivity contribution in [3.05, 3.63) is 95.6 Å². The molecular formula is C23H16F2N2O4S. The number of hydrogen-bond acceptors (Lipinski definition) is 4. The summed E-state index contributed by atoms with van der Waals surface area (Å²) in [4.78, 5) is 26.8. The van der Waals surface area contributed by atoms with Crippen LogP contribution in [-0.2, 0) is 30.8 Å². The summed E-state index contributed by atoms with van der Waals surface area (Å²) in [6, 6.07) is 16.6. The quantitative estimate of drug-likeness (QED) is 0.610. The van der Waals surface area contributed by atoms with E-state index in [2.05, 4.69) is 0 Å². The van der Waals surface area contributed by atoms with Gasteiger partial charge in [0.25, 0.3) is 10.8 Å². The van der Waals surface area contributed by atoms with Crippen LogP contribution >= 0.6 is 0 Å². The van der Waals surface area contributed by atoms with E-state index in [4.69, 9.17) is 0 Å². The molecule has 2 amide bonds. The summed E-state index contributed by atoms with van der Waals surface area (Å²) >= 11 is 0. The van der Waals surface area contributed by atoms with Gasteiger partial charge in [0.15, 0.2) is 9.84 Å². The van der Waals surface area contributed by atoms with Crippen LogP contribution in [0.1, 0.15) is 11.1 Å². The number of sulfone groups is 1. The fraction of sp³-hybridized carbons (Fsp3) is 0.130. The predicted octanol–water partition coefficient (Wildman–Crippen LogP) is 3.13. The summed E-state index contributed by atoms with van der Waals surface area (Å²) in [5.41, 5.74) is 1.18. The van der Waals surface area contributed by atoms with Crippen molar-refractivity contribution in [3.8, 4) is 0 Å². The monoisotopic (exact) mass is 454 g/mol. The number of carbonyl (C=O) groups is 2. The molecule has 6 nitrogen and oxygen atoms in total. The minimum absolute atomic E-state index is 0.0150. The Morgan fingerprint density at radius 1 is 0.844 bits per heavy atom. The summed E-state index contributed by atoms with van der Waals surface area (Å²) in [7, 11) is -4.31. The number of anilines is 2. The second-order valence-corrected chi connectivity index (χ2v) is 9.75. The van der Waals surface area contributed by atoms with Gasteiger partial charge in [-0.3, -0.25) is 14.5 Å². The van der Waals surface area contributed by atoms with E-state index >= 15 is 0 Å². The normalized spacial score (nSPS) is 21.4. The van der Waals surface area contributed by atoms with E-state index in [0.29, 0.717) is 11.3 Å². The van der Waals surface area contributed by atoms with E-state index in [9.17, 15) is 26.8 Å². The van der Waals surface area contributed by atoms with E-state index < -0.39 is 43.9 Å². The molecule has 9 heteroatoms. The van der Waals surface area contributed by atoms with Gasteiger partial charge in [-0.15, -0.1) is 0 Å². The highest BCUT2D eigenvalue weighted by atomic mass is 32.2. The van der Waals surface area contributed by atoms with Crippen LogP contribution in [0.15, 0.2) is 72.8 Å². The van der Waals surface area contributed by atoms with E-state index in [-0.39, 0.29) is 17.8 Å². The lowest BCUT2D eigenvalue weighted by atomic mass is 10.0. The average molecular weight is 454 g/mol. The Kier molecular flexibility index (Phi) is 4.42. The molecule has 3 aromatic rings. The zero-order chi connectivity index (χ0) is 22.7. The molecule has 2 aliphatic rings. The van der Waals surface area contributed by atoms with Crippen LogP contribution in [0.5, 0.6) is 0 Å². The molecule has 0 saturated carbocycles. The van der Waals surface area contributed by atoms with Gasteiger partial charge in [-0.2, -0.15) is 0 Å². The Balaban J connectivity index is 1.72. The molecule has 5 rings (SSSR count). The molecule has 3 aromatic carbocycles. The first-order valence-electron chi connectivity index (χ1n) is 9.72. The van der Waals surface area contributed by atoms with E-state index in [1.807, 2.05) is 0 Å². The van der Waals surface area contributed by atoms with Crippen LogP contribution in [0.25, 0.3) is 0 Å². The smallest absolute Gasteiger partial charge is 0.274 e. The van der Waals surface area contributed by atoms with Gasteiger partial charge in [0, 0.05) is 11.3 Å². The number of halogens is 2. The van der Waals surface area contributed by atoms with Crippen molar-refractivity contribution in [1.82, 2.24) is 0 Å². The number of rotatable bonds is 3. The molecule has 0 N–H and O–H groups in total. The molecule has 1 spiro atoms. The fourth-order valence-corrected chi connectivity index (χ4v) is 6.44. The first-order valence-corrected chi connectivity index (χ1v) is 11.4. The SMILES string of the molecule is O=C1CS(=O)(=O)[C@@]2(C(=O)N(Cc3ccc(F)cc3)c3ccccc32)N1c1ccc(F)cc1. The molecule has 1 atom stereocenters. The maximum atomic E-state index is 13.9. The van der Waals surface area contributed by atoms with Gasteiger partial charge in [-0.25, -0.2) is 17.2 Å². The molecule has 0 radical (unpaired) electrons. The molecular weight excluding hydrogens is 438 g/mol. The zero-order valence-corrected chi connectivity index (χ0v) is 17.4. The van der Waals surface area contributed by atoms with Gasteiger partial charge in [0.1, 0.15) is 17.4 Å². The molecule has 0 aliphatic carbocycles. The highest BCUT2D eigenvalue weighted by Gasteiger charge is 2.69. The molecule has 162 valence electrons. The first kappa shape index (κ1) is 20.3. The second-order valence-electron chi connectivity index (χ2n) is 7.64. The largest absolute Gasteiger partial charge is 0.304 e. The van der Waals surface area contributed by atoms with E-state index in [1.165, 1.54) is 47.4 Å². The Labute approximate surface area is 182 Å². The van der Waals surface area contributed by atoms with Gasteiger partial charge >= 0.3 is 0 Å². The molecule has 0 unspecified atom stereocenters. The fourth-order valence-electron chi connectivity index (χ4n) is 4.41. The van der Waals surface area contributed by atoms with Crippen molar-refractivity contribution in [2.45, 2.75) is 11.4 Å². The van der Waals surface area contributed by atoms with Crippen molar-refractivity contribution >= 4 is 33.0 Å². The number of nitrogens with zero attached hydrogens (tertiary/aromatic N) is 2. The van der Waals surface area contributed by atoms with Crippen molar-refractivity contribution < 1.29 is 26.8 Å². The standard InChI is InChI=1S/C23H16F2N2O4S/c24-16-7-5-15(6-8-16)13-26-20-4-2-1-3-19(20)23(22(26)29)27(21(28)14-32(23,30)31)18-11-9-17(25)10-12-18/h1-12H,13-14H2/t23-/m0/s1. The minimum Gasteiger partial charge on any atom is -0.304 e. The number of benzene rings is 3. The summed E-state index contributed by atoms with van der Waals surface area (Å²) in [5.74, 6) is -3.44. The van der Waals surface area contributed by atoms with E-state index in [1.54, 1.807) is 18.2 Å². The van der Waals surface area contributed by atoms with Crippen LogP contribution < -0.4 is 9.80 Å². The Bertz CT molecular complexity index is 1360. The topological polar surface area (TPSA) is 74.8 Å². The number of hydrogen-bond donors (Lipinski definition) is 0. The van der Waals surface area contributed by atoms with Crippen molar-refractivity contribution in [2.24, 2.45) is 0 Å². The Morgan fingerprint density at radius 2 is 1.44 bits per heavy atom. The Morgan fingerprint density at radius 3 is 2.09 bits per heavy atom. The third kappa shape index (κ3) is 2.70. The first-order chi connectivity index (χ1) is 15.3. The lowest BCUT2D eigenvalue weighted by Crippen LogP contribution is -2.54. The maximum absolute atomic E-state index is 13.9. The van der Waals surface area contributed by atoms with Crippen LogP contribution in [0.2, 0.25) is 0 Å². The number of para-hydroxylation sites is 1. The molecule has 32 heavy (non-hydrogen) atoms. The van der Waals surface area contributed by atoms with Crippen LogP contribution in [-0.4, -0.2) is 26.0 Å². The highest BCUT2D eigenvalue weighted by molar-refractivity contribution is 7.94. The number of carbonyl (C=O) groups excluding carboxylic acids is 2. The molecule has 0 bridgehead atoms. The second kappa shape index (κ2) is 6.96. The third-order valence-electron chi connectivity index (χ3n) is 5.76. The van der Waals surface area contributed by atoms with Crippen molar-refractivity contribution in [2.75, 3.05) is 15.6 Å². The molecule has 1 saturated heterocycles. The lowest BCUT2D eigenvalue weighted by Gasteiger charge is -2.32. The Hall–Kier alpha value is -3.59. The predicted molar refractivity (Wildman–Crippen MR) is 113 cm³/mol. The molecule has 2 aliphatic heterocycles. The lowest BCUT2D eigenvalue weighted by molar-refractivity contribution is -0.123. The van der Waals surface area contributed by atoms with Gasteiger partial charge in [-0.1, -0.05) is 30.3 Å². The van der Waals surface area contributed by atoms with Crippen LogP contribution in [0.4, 0.5) is 20.2 Å². The van der Waals surface area contributed by atoms with E-state index in [0.717, 1.165) is 17.0 Å². The highest BCUT2D eigenvalue weighted by Crippen LogP contribution is 2.52. The van der Waals surface area contributed by atoms with Crippen LogP contribution in [0.3, 0.4) is 0 Å². The molecule has 2 heterocycles. The minimum atomic E-state index is -4.31. The van der Waals surface area contributed by atoms with Gasteiger partial charge in [0.2, 0.25) is 5.91 Å². The number of amides is 2. The van der Waals surface area contributed by atoms with Crippen molar-refractivity contribution in [1.29, 1.82) is 0 Å². The zero-order valence-electron chi connectivity index (χ0n) is 16.5. The average Bonchev–Trinajstić information content (AvgIpc) is 3.13. The summed E-state index contributed by atoms with van der Waals surface area (Å²) in [6.07, 6.45) is 0. The molecule has 0 aromatic heterocycles. The summed E-state index contributed by atoms with van der Waals surface area (Å²) in [5, 5.41) is 0. The van der Waals surface area contributed by atoms with Crippen LogP contribution in [0, 0.1) is 11.6 Å². The summed E-state index contributed by atoms with van der Waals surface area (Å²) < 4.78 is 53.7. The number of fused-ring (bicyclic) bond motifs is 2. The van der Waals surface area contributed by atoms with Crippen molar-refractivity contribution in [3.63, 3.8) is 0 Å². The maximum Gasteiger partial charge on any atom is 0.274 e. The van der Waals surface area contributed by atoms with Gasteiger partial charge in [-0.05, 0) is 48.0 Å². The van der Waals surface area contributed by atoms with Gasteiger partial charge < -0.3 is 4.90 Å². The summed E-state index contributed by atoms with van der Waals surface area (Å²) in [6.45, 7) is -0.0150. The molecule has 1 fully saturated rings.